The Labute approximate surface area is 187 Å². The van der Waals surface area contributed by atoms with Crippen molar-refractivity contribution in [3.05, 3.63) is 84.3 Å². The molecule has 1 N–H and O–H groups in total. The van der Waals surface area contributed by atoms with E-state index in [9.17, 15) is 8.42 Å². The van der Waals surface area contributed by atoms with Crippen molar-refractivity contribution in [1.29, 1.82) is 0 Å². The summed E-state index contributed by atoms with van der Waals surface area (Å²) in [6, 6.07) is 13.9. The summed E-state index contributed by atoms with van der Waals surface area (Å²) in [5, 5.41) is 0. The lowest BCUT2D eigenvalue weighted by Gasteiger charge is -2.15. The zero-order valence-electron chi connectivity index (χ0n) is 18.1. The Balaban J connectivity index is 1.84. The number of aryl methyl sites for hydroxylation is 3. The van der Waals surface area contributed by atoms with E-state index in [2.05, 4.69) is 24.7 Å². The summed E-state index contributed by atoms with van der Waals surface area (Å²) in [7, 11) is -3.75. The van der Waals surface area contributed by atoms with Gasteiger partial charge < -0.3 is 0 Å². The normalized spacial score (nSPS) is 11.3. The topological polar surface area (TPSA) is 97.7 Å². The number of benzene rings is 1. The van der Waals surface area contributed by atoms with Crippen molar-refractivity contribution in [3.63, 3.8) is 0 Å². The van der Waals surface area contributed by atoms with Gasteiger partial charge in [0.05, 0.1) is 27.7 Å². The molecule has 162 valence electrons. The molecule has 0 fully saturated rings. The summed E-state index contributed by atoms with van der Waals surface area (Å²) in [5.41, 5.74) is 5.95. The molecule has 7 nitrogen and oxygen atoms in total. The maximum atomic E-state index is 12.9. The third kappa shape index (κ3) is 4.36. The van der Waals surface area contributed by atoms with Crippen molar-refractivity contribution < 1.29 is 8.42 Å². The highest BCUT2D eigenvalue weighted by Crippen LogP contribution is 2.34. The second kappa shape index (κ2) is 8.84. The van der Waals surface area contributed by atoms with Crippen LogP contribution < -0.4 is 4.72 Å². The van der Waals surface area contributed by atoms with E-state index in [1.807, 2.05) is 26.0 Å². The fourth-order valence-electron chi connectivity index (χ4n) is 3.48. The highest BCUT2D eigenvalue weighted by atomic mass is 32.2. The predicted octanol–water partition coefficient (Wildman–Crippen LogP) is 4.58. The van der Waals surface area contributed by atoms with E-state index in [4.69, 9.17) is 0 Å². The van der Waals surface area contributed by atoms with Crippen molar-refractivity contribution in [2.24, 2.45) is 0 Å². The minimum absolute atomic E-state index is 0.190. The van der Waals surface area contributed by atoms with Gasteiger partial charge >= 0.3 is 0 Å². The van der Waals surface area contributed by atoms with Gasteiger partial charge in [-0.2, -0.15) is 0 Å². The van der Waals surface area contributed by atoms with Crippen molar-refractivity contribution in [2.45, 2.75) is 32.1 Å². The number of anilines is 1. The number of hydrogen-bond acceptors (Lipinski definition) is 6. The highest BCUT2D eigenvalue weighted by molar-refractivity contribution is 7.92. The van der Waals surface area contributed by atoms with Gasteiger partial charge in [0.15, 0.2) is 0 Å². The van der Waals surface area contributed by atoms with Crippen LogP contribution in [0.3, 0.4) is 0 Å². The van der Waals surface area contributed by atoms with Crippen molar-refractivity contribution in [2.75, 3.05) is 4.72 Å². The molecular weight excluding hydrogens is 422 g/mol. The van der Waals surface area contributed by atoms with Gasteiger partial charge in [0, 0.05) is 34.8 Å². The summed E-state index contributed by atoms with van der Waals surface area (Å²) in [6.07, 6.45) is 5.71. The first-order valence-electron chi connectivity index (χ1n) is 10.2. The summed E-state index contributed by atoms with van der Waals surface area (Å²) < 4.78 is 28.4. The molecule has 0 aliphatic heterocycles. The monoisotopic (exact) mass is 445 g/mol. The molecular formula is C24H23N5O2S. The Kier molecular flexibility index (Phi) is 5.96. The molecule has 0 amide bonds. The number of nitrogens with one attached hydrogen (secondary N) is 1. The molecule has 3 heterocycles. The first-order chi connectivity index (χ1) is 15.4. The standard InChI is InChI=1S/C24H23N5O2S/c1-4-21-23(24(28-15-27-21)18-10-11-25-16(2)12-18)19-13-22(17(3)26-14-19)29-32(30,31)20-8-6-5-7-9-20/h5-15,29H,4H2,1-3H3. The van der Waals surface area contributed by atoms with Crippen LogP contribution in [0.25, 0.3) is 22.4 Å². The average Bonchev–Trinajstić information content (AvgIpc) is 2.80. The minimum Gasteiger partial charge on any atom is -0.278 e. The van der Waals surface area contributed by atoms with E-state index < -0.39 is 10.0 Å². The summed E-state index contributed by atoms with van der Waals surface area (Å²) in [4.78, 5) is 17.9. The molecule has 4 aromatic rings. The van der Waals surface area contributed by atoms with Crippen LogP contribution in [0.1, 0.15) is 24.0 Å². The molecule has 0 bridgehead atoms. The number of pyridine rings is 2. The van der Waals surface area contributed by atoms with E-state index in [1.54, 1.807) is 62.0 Å². The lowest BCUT2D eigenvalue weighted by atomic mass is 9.97. The molecule has 0 atom stereocenters. The summed E-state index contributed by atoms with van der Waals surface area (Å²) in [5.74, 6) is 0. The zero-order valence-corrected chi connectivity index (χ0v) is 18.9. The lowest BCUT2D eigenvalue weighted by Crippen LogP contribution is -2.14. The number of nitrogens with zero attached hydrogens (tertiary/aromatic N) is 4. The molecule has 4 rings (SSSR count). The van der Waals surface area contributed by atoms with Crippen LogP contribution in [0, 0.1) is 13.8 Å². The van der Waals surface area contributed by atoms with Crippen LogP contribution in [0.5, 0.6) is 0 Å². The zero-order chi connectivity index (χ0) is 22.7. The quantitative estimate of drug-likeness (QED) is 0.466. The van der Waals surface area contributed by atoms with Crippen LogP contribution in [0.15, 0.2) is 72.1 Å². The van der Waals surface area contributed by atoms with Gasteiger partial charge in [-0.3, -0.25) is 14.7 Å². The number of sulfonamides is 1. The highest BCUT2D eigenvalue weighted by Gasteiger charge is 2.19. The molecule has 0 radical (unpaired) electrons. The molecule has 1 aromatic carbocycles. The summed E-state index contributed by atoms with van der Waals surface area (Å²) >= 11 is 0. The maximum absolute atomic E-state index is 12.9. The average molecular weight is 446 g/mol. The van der Waals surface area contributed by atoms with E-state index in [0.717, 1.165) is 33.8 Å². The van der Waals surface area contributed by atoms with Crippen LogP contribution in [0.2, 0.25) is 0 Å². The Bertz CT molecular complexity index is 1370. The van der Waals surface area contributed by atoms with Gasteiger partial charge in [-0.1, -0.05) is 25.1 Å². The predicted molar refractivity (Wildman–Crippen MR) is 125 cm³/mol. The SMILES string of the molecule is CCc1ncnc(-c2ccnc(C)c2)c1-c1cnc(C)c(NS(=O)(=O)c2ccccc2)c1. The molecule has 32 heavy (non-hydrogen) atoms. The van der Waals surface area contributed by atoms with Gasteiger partial charge in [0.2, 0.25) is 0 Å². The summed E-state index contributed by atoms with van der Waals surface area (Å²) in [6.45, 7) is 5.71. The van der Waals surface area contributed by atoms with Crippen LogP contribution >= 0.6 is 0 Å². The fourth-order valence-corrected chi connectivity index (χ4v) is 4.61. The molecule has 0 aliphatic rings. The van der Waals surface area contributed by atoms with E-state index in [1.165, 1.54) is 0 Å². The van der Waals surface area contributed by atoms with E-state index >= 15 is 0 Å². The Hall–Kier alpha value is -3.65. The molecule has 8 heteroatoms. The molecule has 0 spiro atoms. The van der Waals surface area contributed by atoms with Crippen molar-refractivity contribution in [1.82, 2.24) is 19.9 Å². The third-order valence-electron chi connectivity index (χ3n) is 5.10. The first kappa shape index (κ1) is 21.6. The van der Waals surface area contributed by atoms with Crippen LogP contribution in [0.4, 0.5) is 5.69 Å². The van der Waals surface area contributed by atoms with Gasteiger partial charge in [-0.05, 0) is 50.6 Å². The first-order valence-corrected chi connectivity index (χ1v) is 11.7. The molecule has 0 unspecified atom stereocenters. The number of rotatable bonds is 6. The maximum Gasteiger partial charge on any atom is 0.261 e. The Morgan fingerprint density at radius 1 is 0.906 bits per heavy atom. The lowest BCUT2D eigenvalue weighted by molar-refractivity contribution is 0.601. The Morgan fingerprint density at radius 2 is 1.69 bits per heavy atom. The van der Waals surface area contributed by atoms with Crippen molar-refractivity contribution in [3.8, 4) is 22.4 Å². The van der Waals surface area contributed by atoms with Crippen LogP contribution in [-0.4, -0.2) is 28.4 Å². The largest absolute Gasteiger partial charge is 0.278 e. The van der Waals surface area contributed by atoms with Crippen LogP contribution in [-0.2, 0) is 16.4 Å². The Morgan fingerprint density at radius 3 is 2.41 bits per heavy atom. The fraction of sp³-hybridized carbons (Fsp3) is 0.167. The van der Waals surface area contributed by atoms with Gasteiger partial charge in [0.1, 0.15) is 6.33 Å². The van der Waals surface area contributed by atoms with Crippen molar-refractivity contribution >= 4 is 15.7 Å². The van der Waals surface area contributed by atoms with Gasteiger partial charge in [0.25, 0.3) is 10.0 Å². The number of aromatic nitrogens is 4. The second-order valence-corrected chi connectivity index (χ2v) is 9.04. The molecule has 0 saturated heterocycles. The van der Waals surface area contributed by atoms with Gasteiger partial charge in [-0.25, -0.2) is 18.4 Å². The van der Waals surface area contributed by atoms with E-state index in [0.29, 0.717) is 17.8 Å². The van der Waals surface area contributed by atoms with Gasteiger partial charge in [-0.15, -0.1) is 0 Å². The third-order valence-corrected chi connectivity index (χ3v) is 6.49. The smallest absolute Gasteiger partial charge is 0.261 e. The molecule has 3 aromatic heterocycles. The number of hydrogen-bond donors (Lipinski definition) is 1. The molecule has 0 saturated carbocycles. The minimum atomic E-state index is -3.75. The molecule has 0 aliphatic carbocycles. The second-order valence-electron chi connectivity index (χ2n) is 7.36. The van der Waals surface area contributed by atoms with E-state index in [-0.39, 0.29) is 4.90 Å².